The smallest absolute Gasteiger partial charge is 0.234 e. The normalized spacial score (nSPS) is 17.2. The summed E-state index contributed by atoms with van der Waals surface area (Å²) in [5.41, 5.74) is 2.43. The Morgan fingerprint density at radius 3 is 2.48 bits per heavy atom. The molecule has 2 aromatic rings. The lowest BCUT2D eigenvalue weighted by atomic mass is 10.1. The van der Waals surface area contributed by atoms with E-state index in [4.69, 9.17) is 0 Å². The highest BCUT2D eigenvalue weighted by Gasteiger charge is 2.30. The van der Waals surface area contributed by atoms with Gasteiger partial charge in [0.2, 0.25) is 17.7 Å². The summed E-state index contributed by atoms with van der Waals surface area (Å²) in [6.45, 7) is 0. The van der Waals surface area contributed by atoms with Gasteiger partial charge < -0.3 is 5.32 Å². The first-order chi connectivity index (χ1) is 12.1. The number of aromatic nitrogens is 2. The van der Waals surface area contributed by atoms with Crippen molar-refractivity contribution in [3.63, 3.8) is 0 Å². The Hall–Kier alpha value is -2.96. The second kappa shape index (κ2) is 6.16. The van der Waals surface area contributed by atoms with E-state index in [0.717, 1.165) is 11.3 Å². The lowest BCUT2D eigenvalue weighted by molar-refractivity contribution is -0.121. The van der Waals surface area contributed by atoms with Crippen LogP contribution in [0.1, 0.15) is 42.9 Å². The van der Waals surface area contributed by atoms with Crippen molar-refractivity contribution in [2.24, 2.45) is 0 Å². The molecule has 3 amide bonds. The number of aromatic amines is 1. The minimum absolute atomic E-state index is 0.157. The van der Waals surface area contributed by atoms with E-state index in [2.05, 4.69) is 15.5 Å². The maximum atomic E-state index is 12.1. The van der Waals surface area contributed by atoms with Gasteiger partial charge in [0, 0.05) is 30.5 Å². The van der Waals surface area contributed by atoms with Gasteiger partial charge in [0.05, 0.1) is 12.1 Å². The van der Waals surface area contributed by atoms with Gasteiger partial charge in [0.15, 0.2) is 5.82 Å². The van der Waals surface area contributed by atoms with Crippen molar-refractivity contribution in [3.05, 3.63) is 41.6 Å². The second-order valence-electron chi connectivity index (χ2n) is 6.50. The van der Waals surface area contributed by atoms with Crippen LogP contribution in [0.4, 0.5) is 11.5 Å². The zero-order valence-corrected chi connectivity index (χ0v) is 13.6. The topological polar surface area (TPSA) is 95.2 Å². The Kier molecular flexibility index (Phi) is 3.83. The van der Waals surface area contributed by atoms with Crippen LogP contribution in [0.2, 0.25) is 0 Å². The Bertz CT molecular complexity index is 820. The fourth-order valence-electron chi connectivity index (χ4n) is 3.00. The van der Waals surface area contributed by atoms with Gasteiger partial charge in [-0.3, -0.25) is 24.4 Å². The van der Waals surface area contributed by atoms with Crippen LogP contribution in [0.15, 0.2) is 30.3 Å². The number of carbonyl (C=O) groups is 3. The number of imide groups is 1. The highest BCUT2D eigenvalue weighted by Crippen LogP contribution is 2.39. The van der Waals surface area contributed by atoms with Crippen molar-refractivity contribution in [2.45, 2.75) is 38.0 Å². The molecule has 2 aliphatic rings. The van der Waals surface area contributed by atoms with E-state index in [1.807, 2.05) is 6.07 Å². The maximum Gasteiger partial charge on any atom is 0.234 e. The van der Waals surface area contributed by atoms with Gasteiger partial charge in [-0.25, -0.2) is 0 Å². The lowest BCUT2D eigenvalue weighted by Gasteiger charge is -2.14. The number of amides is 3. The molecular weight excluding hydrogens is 320 g/mol. The van der Waals surface area contributed by atoms with Gasteiger partial charge in [-0.2, -0.15) is 5.10 Å². The van der Waals surface area contributed by atoms with Crippen molar-refractivity contribution >= 4 is 29.2 Å². The van der Waals surface area contributed by atoms with Crippen molar-refractivity contribution in [1.29, 1.82) is 0 Å². The van der Waals surface area contributed by atoms with Crippen molar-refractivity contribution in [2.75, 3.05) is 10.2 Å². The number of hydrogen-bond acceptors (Lipinski definition) is 4. The summed E-state index contributed by atoms with van der Waals surface area (Å²) in [6, 6.07) is 8.79. The van der Waals surface area contributed by atoms with E-state index >= 15 is 0 Å². The van der Waals surface area contributed by atoms with Crippen molar-refractivity contribution < 1.29 is 14.4 Å². The van der Waals surface area contributed by atoms with Crippen LogP contribution >= 0.6 is 0 Å². The molecule has 2 heterocycles. The summed E-state index contributed by atoms with van der Waals surface area (Å²) in [5.74, 6) is 0.578. The molecule has 1 saturated heterocycles. The minimum Gasteiger partial charge on any atom is -0.309 e. The first-order valence-electron chi connectivity index (χ1n) is 8.40. The summed E-state index contributed by atoms with van der Waals surface area (Å²) >= 11 is 0. The summed E-state index contributed by atoms with van der Waals surface area (Å²) < 4.78 is 0. The zero-order chi connectivity index (χ0) is 17.4. The molecule has 1 aromatic heterocycles. The summed E-state index contributed by atoms with van der Waals surface area (Å²) in [7, 11) is 0. The van der Waals surface area contributed by atoms with Gasteiger partial charge in [0.1, 0.15) is 0 Å². The fourth-order valence-corrected chi connectivity index (χ4v) is 3.00. The number of H-pyrrole nitrogens is 1. The third-order valence-corrected chi connectivity index (χ3v) is 4.49. The number of nitrogens with zero attached hydrogens (tertiary/aromatic N) is 2. The van der Waals surface area contributed by atoms with Gasteiger partial charge >= 0.3 is 0 Å². The molecule has 7 nitrogen and oxygen atoms in total. The van der Waals surface area contributed by atoms with Crippen molar-refractivity contribution in [3.8, 4) is 0 Å². The fraction of sp³-hybridized carbons (Fsp3) is 0.333. The van der Waals surface area contributed by atoms with Gasteiger partial charge in [-0.05, 0) is 30.5 Å². The molecule has 2 fully saturated rings. The molecule has 1 aliphatic heterocycles. The molecule has 0 radical (unpaired) electrons. The van der Waals surface area contributed by atoms with Crippen LogP contribution in [0.5, 0.6) is 0 Å². The molecule has 4 rings (SSSR count). The third kappa shape index (κ3) is 3.31. The highest BCUT2D eigenvalue weighted by molar-refractivity contribution is 6.19. The predicted octanol–water partition coefficient (Wildman–Crippen LogP) is 2.12. The molecular formula is C18H18N4O3. The monoisotopic (exact) mass is 338 g/mol. The number of nitrogens with one attached hydrogen (secondary N) is 2. The predicted molar refractivity (Wildman–Crippen MR) is 91.1 cm³/mol. The molecule has 1 aromatic carbocycles. The molecule has 128 valence electrons. The van der Waals surface area contributed by atoms with E-state index in [1.54, 1.807) is 24.3 Å². The van der Waals surface area contributed by atoms with Crippen molar-refractivity contribution in [1.82, 2.24) is 10.2 Å². The Morgan fingerprint density at radius 2 is 1.84 bits per heavy atom. The quantitative estimate of drug-likeness (QED) is 0.816. The molecule has 2 N–H and O–H groups in total. The van der Waals surface area contributed by atoms with E-state index in [0.29, 0.717) is 17.4 Å². The molecule has 0 unspecified atom stereocenters. The van der Waals surface area contributed by atoms with E-state index in [9.17, 15) is 14.4 Å². The Morgan fingerprint density at radius 1 is 1.16 bits per heavy atom. The molecule has 0 bridgehead atoms. The standard InChI is InChI=1S/C18H18N4O3/c23-16(19-15-10-14(20-21-15)12-3-4-12)9-11-1-5-13(6-2-11)22-17(24)7-8-18(22)25/h1-2,5-6,10,12H,3-4,7-9H2,(H2,19,20,21,23). The molecule has 1 saturated carbocycles. The first-order valence-corrected chi connectivity index (χ1v) is 8.40. The molecule has 1 aliphatic carbocycles. The van der Waals surface area contributed by atoms with E-state index in [1.165, 1.54) is 17.7 Å². The third-order valence-electron chi connectivity index (χ3n) is 4.49. The van der Waals surface area contributed by atoms with Crippen LogP contribution < -0.4 is 10.2 Å². The average Bonchev–Trinajstić information content (AvgIpc) is 3.25. The van der Waals surface area contributed by atoms with Crippen LogP contribution in [-0.4, -0.2) is 27.9 Å². The van der Waals surface area contributed by atoms with E-state index < -0.39 is 0 Å². The summed E-state index contributed by atoms with van der Waals surface area (Å²) in [6.07, 6.45) is 3.06. The minimum atomic E-state index is -0.180. The molecule has 0 spiro atoms. The summed E-state index contributed by atoms with van der Waals surface area (Å²) in [5, 5.41) is 9.83. The van der Waals surface area contributed by atoms with Gasteiger partial charge in [-0.15, -0.1) is 0 Å². The molecule has 7 heteroatoms. The average molecular weight is 338 g/mol. The van der Waals surface area contributed by atoms with Gasteiger partial charge in [0.25, 0.3) is 0 Å². The lowest BCUT2D eigenvalue weighted by Crippen LogP contribution is -2.28. The molecule has 0 atom stereocenters. The Balaban J connectivity index is 1.37. The number of anilines is 2. The largest absolute Gasteiger partial charge is 0.309 e. The number of carbonyl (C=O) groups excluding carboxylic acids is 3. The van der Waals surface area contributed by atoms with Crippen LogP contribution in [0.25, 0.3) is 0 Å². The second-order valence-corrected chi connectivity index (χ2v) is 6.50. The SMILES string of the molecule is O=C(Cc1ccc(N2C(=O)CCC2=O)cc1)Nc1cc(C2CC2)[nH]n1. The maximum absolute atomic E-state index is 12.1. The highest BCUT2D eigenvalue weighted by atomic mass is 16.2. The van der Waals surface area contributed by atoms with E-state index in [-0.39, 0.29) is 37.0 Å². The Labute approximate surface area is 144 Å². The summed E-state index contributed by atoms with van der Waals surface area (Å²) in [4.78, 5) is 36.8. The van der Waals surface area contributed by atoms with Crippen LogP contribution in [0.3, 0.4) is 0 Å². The molecule has 25 heavy (non-hydrogen) atoms. The number of rotatable bonds is 5. The van der Waals surface area contributed by atoms with Crippen LogP contribution in [-0.2, 0) is 20.8 Å². The first kappa shape index (κ1) is 15.6. The van der Waals surface area contributed by atoms with Gasteiger partial charge in [-0.1, -0.05) is 12.1 Å². The number of benzene rings is 1. The van der Waals surface area contributed by atoms with Crippen LogP contribution in [0, 0.1) is 0 Å². The zero-order valence-electron chi connectivity index (χ0n) is 13.6. The number of hydrogen-bond donors (Lipinski definition) is 2.